The summed E-state index contributed by atoms with van der Waals surface area (Å²) in [4.78, 5) is 0. The molecule has 2 aromatic rings. The second-order valence-electron chi connectivity index (χ2n) is 7.77. The third-order valence-corrected chi connectivity index (χ3v) is 12.4. The van der Waals surface area contributed by atoms with Crippen LogP contribution in [0.1, 0.15) is 25.7 Å². The van der Waals surface area contributed by atoms with E-state index in [4.69, 9.17) is 8.85 Å². The highest BCUT2D eigenvalue weighted by Gasteiger charge is 2.38. The summed E-state index contributed by atoms with van der Waals surface area (Å²) in [6.07, 6.45) is 4.30. The average molecular weight is 433 g/mol. The molecule has 0 aliphatic heterocycles. The van der Waals surface area contributed by atoms with Crippen LogP contribution in [0.3, 0.4) is 0 Å². The first-order valence-electron chi connectivity index (χ1n) is 10.6. The van der Waals surface area contributed by atoms with E-state index in [1.165, 1.54) is 10.4 Å². The fourth-order valence-electron chi connectivity index (χ4n) is 4.18. The molecule has 0 atom stereocenters. The molecule has 0 aromatic heterocycles. The molecule has 1 aliphatic rings. The first-order valence-corrected chi connectivity index (χ1v) is 14.7. The topological polar surface area (TPSA) is 18.5 Å². The molecule has 4 heteroatoms. The highest BCUT2D eigenvalue weighted by Crippen LogP contribution is 2.29. The van der Waals surface area contributed by atoms with E-state index in [1.807, 2.05) is 34.9 Å². The van der Waals surface area contributed by atoms with Gasteiger partial charge >= 0.3 is 0 Å². The summed E-state index contributed by atoms with van der Waals surface area (Å²) in [5, 5.41) is 2.39. The van der Waals surface area contributed by atoms with Gasteiger partial charge in [0.25, 0.3) is 16.6 Å². The minimum atomic E-state index is -2.38. The predicted octanol–water partition coefficient (Wildman–Crippen LogP) is 4.94. The van der Waals surface area contributed by atoms with Gasteiger partial charge in [-0.3, -0.25) is 0 Å². The Morgan fingerprint density at radius 2 is 0.867 bits per heavy atom. The van der Waals surface area contributed by atoms with Crippen molar-refractivity contribution in [3.05, 3.63) is 110 Å². The third kappa shape index (κ3) is 4.73. The fourth-order valence-corrected chi connectivity index (χ4v) is 9.12. The van der Waals surface area contributed by atoms with E-state index in [0.717, 1.165) is 25.7 Å². The lowest BCUT2D eigenvalue weighted by molar-refractivity contribution is 0.0779. The van der Waals surface area contributed by atoms with Crippen LogP contribution >= 0.6 is 0 Å². The van der Waals surface area contributed by atoms with Crippen LogP contribution in [0.4, 0.5) is 0 Å². The van der Waals surface area contributed by atoms with Gasteiger partial charge in [0.2, 0.25) is 0 Å². The number of benzene rings is 2. The van der Waals surface area contributed by atoms with E-state index in [9.17, 15) is 0 Å². The van der Waals surface area contributed by atoms with Gasteiger partial charge < -0.3 is 8.85 Å². The molecular weight excluding hydrogens is 400 g/mol. The minimum Gasteiger partial charge on any atom is -0.402 e. The SMILES string of the molecule is C=C[Si](C=C)(OC1CCC(O[Si](C=C)(C=C)c2ccccc2)CC1)c1ccccc1. The molecule has 1 saturated carbocycles. The molecule has 3 rings (SSSR count). The molecule has 1 aliphatic carbocycles. The standard InChI is InChI=1S/C26H32O2Si2/c1-5-29(6-2,25-15-11-9-12-16-25)27-23-19-21-24(22-20-23)28-30(7-3,8-4)26-17-13-10-14-18-26/h5-18,23-24H,1-4,19-22H2. The third-order valence-electron chi connectivity index (χ3n) is 6.01. The average Bonchev–Trinajstić information content (AvgIpc) is 2.83. The normalized spacial score (nSPS) is 19.6. The molecule has 2 nitrogen and oxygen atoms in total. The Morgan fingerprint density at radius 3 is 1.13 bits per heavy atom. The van der Waals surface area contributed by atoms with E-state index in [2.05, 4.69) is 74.8 Å². The Labute approximate surface area is 183 Å². The quantitative estimate of drug-likeness (QED) is 0.495. The number of rotatable bonds is 10. The van der Waals surface area contributed by atoms with Crippen LogP contribution < -0.4 is 10.4 Å². The Kier molecular flexibility index (Phi) is 7.61. The van der Waals surface area contributed by atoms with Gasteiger partial charge in [0.1, 0.15) is 0 Å². The first kappa shape index (κ1) is 22.4. The number of hydrogen-bond acceptors (Lipinski definition) is 2. The van der Waals surface area contributed by atoms with E-state index >= 15 is 0 Å². The van der Waals surface area contributed by atoms with Crippen molar-refractivity contribution in [3.8, 4) is 0 Å². The van der Waals surface area contributed by atoms with Gasteiger partial charge in [0.05, 0.1) is 0 Å². The molecule has 1 fully saturated rings. The lowest BCUT2D eigenvalue weighted by Crippen LogP contribution is -2.52. The fraction of sp³-hybridized carbons (Fsp3) is 0.231. The van der Waals surface area contributed by atoms with E-state index in [-0.39, 0.29) is 12.2 Å². The summed E-state index contributed by atoms with van der Waals surface area (Å²) in [7, 11) is -4.76. The van der Waals surface area contributed by atoms with Gasteiger partial charge in [-0.15, -0.1) is 26.3 Å². The maximum atomic E-state index is 6.70. The Morgan fingerprint density at radius 1 is 0.567 bits per heavy atom. The van der Waals surface area contributed by atoms with E-state index < -0.39 is 16.6 Å². The second-order valence-corrected chi connectivity index (χ2v) is 14.2. The summed E-state index contributed by atoms with van der Waals surface area (Å²) in [6.45, 7) is 16.4. The van der Waals surface area contributed by atoms with Gasteiger partial charge in [0.15, 0.2) is 0 Å². The summed E-state index contributed by atoms with van der Waals surface area (Å²) in [5.41, 5.74) is 7.95. The zero-order chi connectivity index (χ0) is 21.5. The van der Waals surface area contributed by atoms with Crippen LogP contribution in [0.25, 0.3) is 0 Å². The largest absolute Gasteiger partial charge is 0.402 e. The zero-order valence-corrected chi connectivity index (χ0v) is 19.7. The molecule has 0 bridgehead atoms. The van der Waals surface area contributed by atoms with Gasteiger partial charge in [-0.05, 0) is 36.1 Å². The van der Waals surface area contributed by atoms with Crippen molar-refractivity contribution < 1.29 is 8.85 Å². The molecule has 0 radical (unpaired) electrons. The van der Waals surface area contributed by atoms with E-state index in [0.29, 0.717) is 0 Å². The van der Waals surface area contributed by atoms with Crippen molar-refractivity contribution in [2.75, 3.05) is 0 Å². The van der Waals surface area contributed by atoms with Crippen LogP contribution in [0.2, 0.25) is 0 Å². The highest BCUT2D eigenvalue weighted by molar-refractivity contribution is 6.95. The lowest BCUT2D eigenvalue weighted by Gasteiger charge is -2.38. The smallest absolute Gasteiger partial charge is 0.272 e. The van der Waals surface area contributed by atoms with Crippen molar-refractivity contribution in [3.63, 3.8) is 0 Å². The Balaban J connectivity index is 1.67. The van der Waals surface area contributed by atoms with Gasteiger partial charge in [-0.1, -0.05) is 83.5 Å². The Bertz CT molecular complexity index is 766. The summed E-state index contributed by atoms with van der Waals surface area (Å²) in [6, 6.07) is 20.8. The molecule has 30 heavy (non-hydrogen) atoms. The molecule has 0 heterocycles. The van der Waals surface area contributed by atoms with Crippen molar-refractivity contribution in [2.45, 2.75) is 37.9 Å². The van der Waals surface area contributed by atoms with Gasteiger partial charge in [-0.25, -0.2) is 0 Å². The van der Waals surface area contributed by atoms with Crippen molar-refractivity contribution in [2.24, 2.45) is 0 Å². The summed E-state index contributed by atoms with van der Waals surface area (Å²) < 4.78 is 13.4. The van der Waals surface area contributed by atoms with Crippen molar-refractivity contribution in [1.82, 2.24) is 0 Å². The van der Waals surface area contributed by atoms with Crippen molar-refractivity contribution in [1.29, 1.82) is 0 Å². The molecule has 2 aromatic carbocycles. The van der Waals surface area contributed by atoms with Crippen LogP contribution in [-0.4, -0.2) is 28.8 Å². The van der Waals surface area contributed by atoms with Gasteiger partial charge in [0, 0.05) is 12.2 Å². The number of hydrogen-bond donors (Lipinski definition) is 0. The molecular formula is C26H32O2Si2. The van der Waals surface area contributed by atoms with Crippen LogP contribution in [0, 0.1) is 0 Å². The molecule has 0 spiro atoms. The predicted molar refractivity (Wildman–Crippen MR) is 133 cm³/mol. The monoisotopic (exact) mass is 432 g/mol. The Hall–Kier alpha value is -2.25. The molecule has 0 N–H and O–H groups in total. The second kappa shape index (κ2) is 10.2. The molecule has 0 saturated heterocycles. The molecule has 0 unspecified atom stereocenters. The molecule has 156 valence electrons. The summed E-state index contributed by atoms with van der Waals surface area (Å²) in [5.74, 6) is 0. The zero-order valence-electron chi connectivity index (χ0n) is 17.7. The lowest BCUT2D eigenvalue weighted by atomic mass is 9.95. The maximum Gasteiger partial charge on any atom is 0.272 e. The van der Waals surface area contributed by atoms with Gasteiger partial charge in [-0.2, -0.15) is 0 Å². The van der Waals surface area contributed by atoms with Crippen LogP contribution in [-0.2, 0) is 8.85 Å². The van der Waals surface area contributed by atoms with Crippen LogP contribution in [0.15, 0.2) is 110 Å². The highest BCUT2D eigenvalue weighted by atomic mass is 28.4. The molecule has 0 amide bonds. The van der Waals surface area contributed by atoms with Crippen LogP contribution in [0.5, 0.6) is 0 Å². The van der Waals surface area contributed by atoms with E-state index in [1.54, 1.807) is 0 Å². The maximum absolute atomic E-state index is 6.70. The summed E-state index contributed by atoms with van der Waals surface area (Å²) >= 11 is 0. The first-order chi connectivity index (χ1) is 14.6. The van der Waals surface area contributed by atoms with Crippen molar-refractivity contribution >= 4 is 27.0 Å². The minimum absolute atomic E-state index is 0.202.